The molecule has 6 nitrogen and oxygen atoms in total. The quantitative estimate of drug-likeness (QED) is 0.0261. The summed E-state index contributed by atoms with van der Waals surface area (Å²) in [6.07, 6.45) is 90.0. The number of carbonyl (C=O) groups is 3. The van der Waals surface area contributed by atoms with E-state index < -0.39 is 6.10 Å². The average molecular weight is 1150 g/mol. The summed E-state index contributed by atoms with van der Waals surface area (Å²) in [6, 6.07) is 0. The molecule has 0 rings (SSSR count). The Morgan fingerprint density at radius 3 is 0.695 bits per heavy atom. The average Bonchev–Trinajstić information content (AvgIpc) is 3.47. The molecule has 0 amide bonds. The maximum absolute atomic E-state index is 13.0. The largest absolute Gasteiger partial charge is 0.462 e. The third kappa shape index (κ3) is 68.2. The summed E-state index contributed by atoms with van der Waals surface area (Å²) in [4.78, 5) is 38.5. The monoisotopic (exact) mass is 1150 g/mol. The van der Waals surface area contributed by atoms with Crippen molar-refractivity contribution in [3.8, 4) is 0 Å². The lowest BCUT2D eigenvalue weighted by Gasteiger charge is -2.18. The zero-order chi connectivity index (χ0) is 59.2. The van der Waals surface area contributed by atoms with Crippen LogP contribution in [0.5, 0.6) is 0 Å². The van der Waals surface area contributed by atoms with Gasteiger partial charge in [0.05, 0.1) is 0 Å². The molecule has 0 N–H and O–H groups in total. The van der Waals surface area contributed by atoms with E-state index in [1.165, 1.54) is 289 Å². The Labute approximate surface area is 511 Å². The third-order valence-electron chi connectivity index (χ3n) is 16.6. The highest BCUT2D eigenvalue weighted by atomic mass is 16.6. The van der Waals surface area contributed by atoms with Gasteiger partial charge in [-0.2, -0.15) is 0 Å². The van der Waals surface area contributed by atoms with Crippen LogP contribution in [0.1, 0.15) is 400 Å². The van der Waals surface area contributed by atoms with E-state index in [0.717, 1.165) is 70.6 Å². The summed E-state index contributed by atoms with van der Waals surface area (Å²) >= 11 is 0. The molecule has 0 spiro atoms. The fourth-order valence-corrected chi connectivity index (χ4v) is 11.0. The van der Waals surface area contributed by atoms with Crippen LogP contribution in [0.25, 0.3) is 0 Å². The maximum Gasteiger partial charge on any atom is 0.306 e. The molecule has 1 unspecified atom stereocenters. The van der Waals surface area contributed by atoms with Gasteiger partial charge in [0.15, 0.2) is 6.10 Å². The summed E-state index contributed by atoms with van der Waals surface area (Å²) in [5, 5.41) is 0. The number of rotatable bonds is 68. The van der Waals surface area contributed by atoms with Gasteiger partial charge in [-0.1, -0.05) is 345 Å². The Morgan fingerprint density at radius 1 is 0.244 bits per heavy atom. The Kier molecular flexibility index (Phi) is 68.6. The molecule has 480 valence electrons. The van der Waals surface area contributed by atoms with Gasteiger partial charge in [-0.15, -0.1) is 0 Å². The van der Waals surface area contributed by atoms with E-state index in [1.807, 2.05) is 0 Å². The van der Waals surface area contributed by atoms with Crippen LogP contribution in [0.4, 0.5) is 0 Å². The van der Waals surface area contributed by atoms with E-state index >= 15 is 0 Å². The second-order valence-electron chi connectivity index (χ2n) is 24.9. The van der Waals surface area contributed by atoms with Gasteiger partial charge >= 0.3 is 17.9 Å². The van der Waals surface area contributed by atoms with Crippen LogP contribution in [-0.2, 0) is 28.6 Å². The fraction of sp³-hybridized carbons (Fsp3) is 0.855. The van der Waals surface area contributed by atoms with E-state index in [1.54, 1.807) is 0 Å². The van der Waals surface area contributed by atoms with Crippen molar-refractivity contribution in [2.45, 2.75) is 406 Å². The van der Waals surface area contributed by atoms with Gasteiger partial charge < -0.3 is 14.2 Å². The summed E-state index contributed by atoms with van der Waals surface area (Å²) in [7, 11) is 0. The van der Waals surface area contributed by atoms with Crippen molar-refractivity contribution in [2.24, 2.45) is 0 Å². The first-order valence-corrected chi connectivity index (χ1v) is 36.6. The number of unbranched alkanes of at least 4 members (excludes halogenated alkanes) is 49. The predicted molar refractivity (Wildman–Crippen MR) is 358 cm³/mol. The number of carbonyl (C=O) groups excluding carboxylic acids is 3. The number of esters is 3. The molecular weight excluding hydrogens is 1010 g/mol. The molecule has 0 radical (unpaired) electrons. The molecule has 0 aliphatic rings. The predicted octanol–water partition coefficient (Wildman–Crippen LogP) is 25.3. The van der Waals surface area contributed by atoms with Gasteiger partial charge in [0.25, 0.3) is 0 Å². The number of ether oxygens (including phenoxy) is 3. The molecule has 0 saturated carbocycles. The first-order chi connectivity index (χ1) is 40.5. The van der Waals surface area contributed by atoms with Gasteiger partial charge in [0.2, 0.25) is 0 Å². The normalized spacial score (nSPS) is 12.3. The molecule has 0 fully saturated rings. The highest BCUT2D eigenvalue weighted by Gasteiger charge is 2.19. The number of hydrogen-bond acceptors (Lipinski definition) is 6. The van der Waals surface area contributed by atoms with Crippen LogP contribution in [0.2, 0.25) is 0 Å². The minimum absolute atomic E-state index is 0.0717. The smallest absolute Gasteiger partial charge is 0.306 e. The van der Waals surface area contributed by atoms with Crippen LogP contribution in [0.3, 0.4) is 0 Å². The maximum atomic E-state index is 13.0. The van der Waals surface area contributed by atoms with Crippen LogP contribution in [-0.4, -0.2) is 37.2 Å². The number of hydrogen-bond donors (Lipinski definition) is 0. The standard InChI is InChI=1S/C76H140O6/c1-4-7-10-13-16-19-22-25-28-31-34-35-36-37-38-39-40-43-45-48-51-54-57-60-63-66-69-75(78)81-72-73(82-76(79)70-67-64-61-58-55-52-49-46-42-33-30-27-24-21-18-15-12-9-6-3)71-80-74(77)68-65-62-59-56-53-50-47-44-41-32-29-26-23-20-17-14-11-8-5-2/h17-18,20-21,26-27,29-30,73H,4-16,19,22-25,28,31-72H2,1-3H3/b20-17-,21-18-,29-26-,30-27-. The molecule has 0 bridgehead atoms. The highest BCUT2D eigenvalue weighted by Crippen LogP contribution is 2.19. The van der Waals surface area contributed by atoms with E-state index in [9.17, 15) is 14.4 Å². The van der Waals surface area contributed by atoms with Crippen molar-refractivity contribution in [1.82, 2.24) is 0 Å². The molecule has 82 heavy (non-hydrogen) atoms. The minimum Gasteiger partial charge on any atom is -0.462 e. The van der Waals surface area contributed by atoms with Gasteiger partial charge in [-0.05, 0) is 83.5 Å². The van der Waals surface area contributed by atoms with E-state index in [4.69, 9.17) is 14.2 Å². The minimum atomic E-state index is -0.778. The molecule has 6 heteroatoms. The molecular formula is C76H140O6. The molecule has 0 aromatic rings. The third-order valence-corrected chi connectivity index (χ3v) is 16.6. The molecule has 0 aromatic carbocycles. The van der Waals surface area contributed by atoms with Crippen molar-refractivity contribution in [3.05, 3.63) is 48.6 Å². The van der Waals surface area contributed by atoms with Gasteiger partial charge in [0, 0.05) is 19.3 Å². The van der Waals surface area contributed by atoms with Gasteiger partial charge in [-0.25, -0.2) is 0 Å². The lowest BCUT2D eigenvalue weighted by Crippen LogP contribution is -2.30. The highest BCUT2D eigenvalue weighted by molar-refractivity contribution is 5.71. The molecule has 0 aromatic heterocycles. The van der Waals surface area contributed by atoms with E-state index in [-0.39, 0.29) is 31.1 Å². The Morgan fingerprint density at radius 2 is 0.439 bits per heavy atom. The Hall–Kier alpha value is -2.63. The first kappa shape index (κ1) is 79.4. The van der Waals surface area contributed by atoms with Crippen molar-refractivity contribution in [3.63, 3.8) is 0 Å². The topological polar surface area (TPSA) is 78.9 Å². The Bertz CT molecular complexity index is 1410. The van der Waals surface area contributed by atoms with Crippen LogP contribution in [0, 0.1) is 0 Å². The Balaban J connectivity index is 4.28. The molecule has 0 heterocycles. The lowest BCUT2D eigenvalue weighted by atomic mass is 10.0. The van der Waals surface area contributed by atoms with Crippen LogP contribution < -0.4 is 0 Å². The van der Waals surface area contributed by atoms with E-state index in [2.05, 4.69) is 69.4 Å². The summed E-state index contributed by atoms with van der Waals surface area (Å²) < 4.78 is 17.0. The zero-order valence-electron chi connectivity index (χ0n) is 55.3. The van der Waals surface area contributed by atoms with Crippen LogP contribution >= 0.6 is 0 Å². The van der Waals surface area contributed by atoms with Crippen molar-refractivity contribution in [2.75, 3.05) is 13.2 Å². The zero-order valence-corrected chi connectivity index (χ0v) is 55.3. The van der Waals surface area contributed by atoms with Gasteiger partial charge in [-0.3, -0.25) is 14.4 Å². The SMILES string of the molecule is CCCCC/C=C\C/C=C\CCCCCCCCCCCC(=O)OCC(COC(=O)CCCCCCCCCCCCCCCCCCCCCCCCCCCC)OC(=O)CCCCCCCCCCC/C=C\C/C=C\CCCCC. The van der Waals surface area contributed by atoms with Crippen molar-refractivity contribution >= 4 is 17.9 Å². The fourth-order valence-electron chi connectivity index (χ4n) is 11.0. The molecule has 0 aliphatic carbocycles. The second-order valence-corrected chi connectivity index (χ2v) is 24.9. The van der Waals surface area contributed by atoms with Crippen molar-refractivity contribution in [1.29, 1.82) is 0 Å². The number of allylic oxidation sites excluding steroid dienone is 8. The van der Waals surface area contributed by atoms with Crippen LogP contribution in [0.15, 0.2) is 48.6 Å². The first-order valence-electron chi connectivity index (χ1n) is 36.6. The summed E-state index contributed by atoms with van der Waals surface area (Å²) in [5.74, 6) is -0.852. The molecule has 1 atom stereocenters. The van der Waals surface area contributed by atoms with E-state index in [0.29, 0.717) is 19.3 Å². The van der Waals surface area contributed by atoms with Gasteiger partial charge in [0.1, 0.15) is 13.2 Å². The summed E-state index contributed by atoms with van der Waals surface area (Å²) in [5.41, 5.74) is 0. The second kappa shape index (κ2) is 70.9. The lowest BCUT2D eigenvalue weighted by molar-refractivity contribution is -0.167. The summed E-state index contributed by atoms with van der Waals surface area (Å²) in [6.45, 7) is 6.66. The molecule has 0 saturated heterocycles. The van der Waals surface area contributed by atoms with Crippen molar-refractivity contribution < 1.29 is 28.6 Å². The molecule has 0 aliphatic heterocycles.